The van der Waals surface area contributed by atoms with Gasteiger partial charge in [0.15, 0.2) is 0 Å². The number of carbonyl (C=O) groups is 2. The Bertz CT molecular complexity index is 852. The van der Waals surface area contributed by atoms with Gasteiger partial charge in [-0.2, -0.15) is 0 Å². The lowest BCUT2D eigenvalue weighted by Crippen LogP contribution is -2.53. The second kappa shape index (κ2) is 7.42. The Balaban J connectivity index is 1.47. The van der Waals surface area contributed by atoms with Crippen molar-refractivity contribution < 1.29 is 9.59 Å². The zero-order chi connectivity index (χ0) is 19.7. The van der Waals surface area contributed by atoms with Crippen molar-refractivity contribution in [3.8, 4) is 0 Å². The summed E-state index contributed by atoms with van der Waals surface area (Å²) in [5.74, 6) is 0.268. The molecule has 2 fully saturated rings. The van der Waals surface area contributed by atoms with E-state index < -0.39 is 0 Å². The summed E-state index contributed by atoms with van der Waals surface area (Å²) in [7, 11) is 1.92. The lowest BCUT2D eigenvalue weighted by Gasteiger charge is -2.49. The van der Waals surface area contributed by atoms with Crippen LogP contribution < -0.4 is 0 Å². The fourth-order valence-electron chi connectivity index (χ4n) is 4.80. The molecule has 4 nitrogen and oxygen atoms in total. The normalized spacial score (nSPS) is 21.8. The van der Waals surface area contributed by atoms with Gasteiger partial charge in [-0.1, -0.05) is 48.0 Å². The van der Waals surface area contributed by atoms with E-state index in [1.807, 2.05) is 66.2 Å². The number of likely N-dealkylation sites (tertiary alicyclic amines) is 2. The summed E-state index contributed by atoms with van der Waals surface area (Å²) in [6.45, 7) is 4.34. The lowest BCUT2D eigenvalue weighted by atomic mass is 9.67. The molecule has 0 bridgehead atoms. The van der Waals surface area contributed by atoms with Crippen LogP contribution in [-0.4, -0.2) is 48.3 Å². The average Bonchev–Trinajstić information content (AvgIpc) is 2.72. The van der Waals surface area contributed by atoms with Crippen molar-refractivity contribution in [2.24, 2.45) is 5.41 Å². The van der Waals surface area contributed by atoms with Crippen LogP contribution in [0, 0.1) is 12.3 Å². The molecule has 0 aromatic heterocycles. The van der Waals surface area contributed by atoms with Crippen LogP contribution in [0.15, 0.2) is 54.6 Å². The summed E-state index contributed by atoms with van der Waals surface area (Å²) in [6.07, 6.45) is 2.78. The van der Waals surface area contributed by atoms with Crippen LogP contribution in [0.4, 0.5) is 0 Å². The minimum atomic E-state index is -0.0701. The second-order valence-corrected chi connectivity index (χ2v) is 8.52. The average molecular weight is 377 g/mol. The number of amides is 2. The Hall–Kier alpha value is -2.62. The first-order chi connectivity index (χ1) is 13.5. The Kier molecular flexibility index (Phi) is 4.96. The van der Waals surface area contributed by atoms with Gasteiger partial charge in [-0.15, -0.1) is 0 Å². The molecule has 2 saturated heterocycles. The molecule has 0 radical (unpaired) electrons. The van der Waals surface area contributed by atoms with Crippen molar-refractivity contribution in [3.05, 3.63) is 71.3 Å². The van der Waals surface area contributed by atoms with Crippen LogP contribution in [0.1, 0.15) is 46.7 Å². The number of nitrogens with zero attached hydrogens (tertiary/aromatic N) is 2. The summed E-state index contributed by atoms with van der Waals surface area (Å²) in [6, 6.07) is 17.9. The maximum absolute atomic E-state index is 12.8. The number of hydrogen-bond donors (Lipinski definition) is 0. The van der Waals surface area contributed by atoms with E-state index in [2.05, 4.69) is 12.1 Å². The zero-order valence-corrected chi connectivity index (χ0v) is 16.7. The predicted octanol–water partition coefficient (Wildman–Crippen LogP) is 3.86. The highest BCUT2D eigenvalue weighted by Crippen LogP contribution is 2.45. The van der Waals surface area contributed by atoms with Crippen LogP contribution in [0.5, 0.6) is 0 Å². The molecule has 4 heteroatoms. The zero-order valence-electron chi connectivity index (χ0n) is 16.7. The van der Waals surface area contributed by atoms with Crippen LogP contribution >= 0.6 is 0 Å². The highest BCUT2D eigenvalue weighted by molar-refractivity contribution is 5.94. The standard InChI is InChI=1S/C24H28N2O2/c1-18-8-10-20(11-9-18)22(27)26-14-12-24(13-15-26)16-21(23(28)25(2)17-24)19-6-4-3-5-7-19/h3-11,21H,12-17H2,1-2H3. The fraction of sp³-hybridized carbons (Fsp3) is 0.417. The minimum Gasteiger partial charge on any atom is -0.345 e. The SMILES string of the molecule is Cc1ccc(C(=O)N2CCC3(CC2)CC(c2ccccc2)C(=O)N(C)C3)cc1. The highest BCUT2D eigenvalue weighted by atomic mass is 16.2. The van der Waals surface area contributed by atoms with Gasteiger partial charge in [0.25, 0.3) is 5.91 Å². The molecule has 0 saturated carbocycles. The molecule has 2 aromatic rings. The number of likely N-dealkylation sites (N-methyl/N-ethyl adjacent to an activating group) is 1. The van der Waals surface area contributed by atoms with E-state index in [1.54, 1.807) is 0 Å². The van der Waals surface area contributed by atoms with E-state index in [9.17, 15) is 9.59 Å². The molecule has 2 amide bonds. The Morgan fingerprint density at radius 1 is 1.00 bits per heavy atom. The van der Waals surface area contributed by atoms with E-state index in [1.165, 1.54) is 0 Å². The van der Waals surface area contributed by atoms with Gasteiger partial charge in [-0.3, -0.25) is 9.59 Å². The molecule has 1 spiro atoms. The van der Waals surface area contributed by atoms with E-state index in [0.29, 0.717) is 0 Å². The van der Waals surface area contributed by atoms with E-state index >= 15 is 0 Å². The number of benzene rings is 2. The molecular weight excluding hydrogens is 348 g/mol. The number of piperidine rings is 2. The van der Waals surface area contributed by atoms with E-state index in [0.717, 1.165) is 55.6 Å². The minimum absolute atomic E-state index is 0.0701. The molecule has 28 heavy (non-hydrogen) atoms. The van der Waals surface area contributed by atoms with Crippen LogP contribution in [0.25, 0.3) is 0 Å². The Labute approximate surface area is 167 Å². The molecule has 2 aliphatic heterocycles. The lowest BCUT2D eigenvalue weighted by molar-refractivity contribution is -0.139. The van der Waals surface area contributed by atoms with Crippen molar-refractivity contribution in [1.29, 1.82) is 0 Å². The third-order valence-corrected chi connectivity index (χ3v) is 6.50. The molecule has 4 rings (SSSR count). The maximum Gasteiger partial charge on any atom is 0.253 e. The fourth-order valence-corrected chi connectivity index (χ4v) is 4.80. The Morgan fingerprint density at radius 3 is 2.29 bits per heavy atom. The number of rotatable bonds is 2. The smallest absolute Gasteiger partial charge is 0.253 e. The topological polar surface area (TPSA) is 40.6 Å². The van der Waals surface area contributed by atoms with Crippen molar-refractivity contribution in [2.75, 3.05) is 26.7 Å². The van der Waals surface area contributed by atoms with Gasteiger partial charge in [-0.05, 0) is 49.3 Å². The summed E-state index contributed by atoms with van der Waals surface area (Å²) in [5, 5.41) is 0. The summed E-state index contributed by atoms with van der Waals surface area (Å²) < 4.78 is 0. The van der Waals surface area contributed by atoms with Crippen LogP contribution in [-0.2, 0) is 4.79 Å². The number of hydrogen-bond acceptors (Lipinski definition) is 2. The molecule has 146 valence electrons. The molecule has 0 aliphatic carbocycles. The van der Waals surface area contributed by atoms with Gasteiger partial charge >= 0.3 is 0 Å². The van der Waals surface area contributed by atoms with Gasteiger partial charge in [-0.25, -0.2) is 0 Å². The first kappa shape index (κ1) is 18.7. The predicted molar refractivity (Wildman–Crippen MR) is 110 cm³/mol. The van der Waals surface area contributed by atoms with Crippen molar-refractivity contribution >= 4 is 11.8 Å². The molecule has 1 unspecified atom stereocenters. The summed E-state index contributed by atoms with van der Waals surface area (Å²) >= 11 is 0. The largest absolute Gasteiger partial charge is 0.345 e. The maximum atomic E-state index is 12.8. The highest BCUT2D eigenvalue weighted by Gasteiger charge is 2.45. The van der Waals surface area contributed by atoms with Gasteiger partial charge in [0.1, 0.15) is 0 Å². The molecule has 2 heterocycles. The van der Waals surface area contributed by atoms with Crippen LogP contribution in [0.2, 0.25) is 0 Å². The van der Waals surface area contributed by atoms with Gasteiger partial charge < -0.3 is 9.80 Å². The Morgan fingerprint density at radius 2 is 1.64 bits per heavy atom. The quantitative estimate of drug-likeness (QED) is 0.798. The third kappa shape index (κ3) is 3.56. The van der Waals surface area contributed by atoms with E-state index in [4.69, 9.17) is 0 Å². The molecule has 2 aromatic carbocycles. The van der Waals surface area contributed by atoms with Crippen molar-refractivity contribution in [2.45, 2.75) is 32.1 Å². The molecule has 0 N–H and O–H groups in total. The molecule has 1 atom stereocenters. The van der Waals surface area contributed by atoms with Crippen molar-refractivity contribution in [3.63, 3.8) is 0 Å². The monoisotopic (exact) mass is 376 g/mol. The molecule has 2 aliphatic rings. The van der Waals surface area contributed by atoms with E-state index in [-0.39, 0.29) is 23.1 Å². The van der Waals surface area contributed by atoms with Crippen molar-refractivity contribution in [1.82, 2.24) is 9.80 Å². The number of aryl methyl sites for hydroxylation is 1. The first-order valence-corrected chi connectivity index (χ1v) is 10.1. The first-order valence-electron chi connectivity index (χ1n) is 10.1. The van der Waals surface area contributed by atoms with Gasteiger partial charge in [0.2, 0.25) is 5.91 Å². The second-order valence-electron chi connectivity index (χ2n) is 8.52. The number of carbonyl (C=O) groups excluding carboxylic acids is 2. The van der Waals surface area contributed by atoms with Gasteiger partial charge in [0.05, 0.1) is 5.92 Å². The van der Waals surface area contributed by atoms with Gasteiger partial charge in [0, 0.05) is 32.2 Å². The van der Waals surface area contributed by atoms with Crippen LogP contribution in [0.3, 0.4) is 0 Å². The summed E-state index contributed by atoms with van der Waals surface area (Å²) in [4.78, 5) is 29.5. The summed E-state index contributed by atoms with van der Waals surface area (Å²) in [5.41, 5.74) is 3.14. The molecular formula is C24H28N2O2. The third-order valence-electron chi connectivity index (χ3n) is 6.50.